The van der Waals surface area contributed by atoms with E-state index in [1.54, 1.807) is 12.5 Å². The molecule has 0 amide bonds. The first-order chi connectivity index (χ1) is 11.5. The van der Waals surface area contributed by atoms with Gasteiger partial charge in [-0.3, -0.25) is 9.36 Å². The van der Waals surface area contributed by atoms with E-state index in [1.807, 2.05) is 4.57 Å². The summed E-state index contributed by atoms with van der Waals surface area (Å²) in [5, 5.41) is 10.8. The predicted molar refractivity (Wildman–Crippen MR) is 89.0 cm³/mol. The zero-order chi connectivity index (χ0) is 17.3. The van der Waals surface area contributed by atoms with E-state index >= 15 is 0 Å². The molecule has 9 heteroatoms. The lowest BCUT2D eigenvalue weighted by molar-refractivity contribution is -0.134. The van der Waals surface area contributed by atoms with Crippen molar-refractivity contribution in [2.75, 3.05) is 13.1 Å². The van der Waals surface area contributed by atoms with Crippen LogP contribution in [0.5, 0.6) is 0 Å². The zero-order valence-electron chi connectivity index (χ0n) is 13.5. The number of nitrogens with one attached hydrogen (secondary N) is 3. The van der Waals surface area contributed by atoms with Gasteiger partial charge >= 0.3 is 5.69 Å². The SMILES string of the molecule is CC(=O)O.C[C@@H]1CCNC[C@@H]1n1c(=O)[nH]c2cnc3nc[nH]c3c21. The Morgan fingerprint density at radius 3 is 2.88 bits per heavy atom. The molecule has 0 saturated carbocycles. The maximum Gasteiger partial charge on any atom is 0.326 e. The molecule has 0 radical (unpaired) electrons. The molecule has 24 heavy (non-hydrogen) atoms. The minimum Gasteiger partial charge on any atom is -0.481 e. The minimum atomic E-state index is -0.833. The molecule has 1 saturated heterocycles. The van der Waals surface area contributed by atoms with E-state index < -0.39 is 5.97 Å². The summed E-state index contributed by atoms with van der Waals surface area (Å²) >= 11 is 0. The molecule has 2 atom stereocenters. The number of carboxylic acid groups (broad SMARTS) is 1. The Kier molecular flexibility index (Phi) is 4.34. The molecule has 0 unspecified atom stereocenters. The molecule has 9 nitrogen and oxygen atoms in total. The van der Waals surface area contributed by atoms with Gasteiger partial charge in [0.2, 0.25) is 0 Å². The molecule has 128 valence electrons. The zero-order valence-corrected chi connectivity index (χ0v) is 13.5. The average Bonchev–Trinajstić information content (AvgIpc) is 3.10. The fraction of sp³-hybridized carbons (Fsp3) is 0.467. The largest absolute Gasteiger partial charge is 0.481 e. The van der Waals surface area contributed by atoms with Crippen LogP contribution in [0.1, 0.15) is 26.3 Å². The number of aromatic nitrogens is 5. The highest BCUT2D eigenvalue weighted by molar-refractivity contribution is 5.98. The summed E-state index contributed by atoms with van der Waals surface area (Å²) in [7, 11) is 0. The summed E-state index contributed by atoms with van der Waals surface area (Å²) in [5.41, 5.74) is 3.01. The highest BCUT2D eigenvalue weighted by Crippen LogP contribution is 2.27. The highest BCUT2D eigenvalue weighted by atomic mass is 16.4. The number of carbonyl (C=O) groups is 1. The van der Waals surface area contributed by atoms with Crippen molar-refractivity contribution >= 4 is 28.2 Å². The lowest BCUT2D eigenvalue weighted by atomic mass is 9.94. The monoisotopic (exact) mass is 332 g/mol. The number of nitrogens with zero attached hydrogens (tertiary/aromatic N) is 3. The van der Waals surface area contributed by atoms with Crippen molar-refractivity contribution in [1.82, 2.24) is 29.8 Å². The van der Waals surface area contributed by atoms with Crippen molar-refractivity contribution in [3.63, 3.8) is 0 Å². The maximum absolute atomic E-state index is 12.4. The van der Waals surface area contributed by atoms with Crippen molar-refractivity contribution in [3.8, 4) is 0 Å². The Morgan fingerprint density at radius 1 is 1.42 bits per heavy atom. The van der Waals surface area contributed by atoms with Crippen LogP contribution in [0, 0.1) is 5.92 Å². The summed E-state index contributed by atoms with van der Waals surface area (Å²) in [6, 6.07) is 0.152. The summed E-state index contributed by atoms with van der Waals surface area (Å²) in [6.45, 7) is 5.10. The van der Waals surface area contributed by atoms with Gasteiger partial charge in [-0.05, 0) is 18.9 Å². The molecule has 0 aliphatic carbocycles. The number of piperidine rings is 1. The van der Waals surface area contributed by atoms with E-state index in [-0.39, 0.29) is 11.7 Å². The third kappa shape index (κ3) is 2.90. The predicted octanol–water partition coefficient (Wildman–Crippen LogP) is 0.862. The summed E-state index contributed by atoms with van der Waals surface area (Å²) in [5.74, 6) is -0.376. The van der Waals surface area contributed by atoms with E-state index in [9.17, 15) is 4.79 Å². The average molecular weight is 332 g/mol. The molecular formula is C15H20N6O3. The molecule has 1 aliphatic heterocycles. The van der Waals surface area contributed by atoms with Crippen LogP contribution in [-0.4, -0.2) is 48.7 Å². The lowest BCUT2D eigenvalue weighted by Gasteiger charge is -2.30. The van der Waals surface area contributed by atoms with E-state index in [4.69, 9.17) is 9.90 Å². The normalized spacial score (nSPS) is 20.8. The number of rotatable bonds is 1. The maximum atomic E-state index is 12.4. The molecule has 0 bridgehead atoms. The number of fused-ring (bicyclic) bond motifs is 3. The summed E-state index contributed by atoms with van der Waals surface area (Å²) in [6.07, 6.45) is 4.36. The molecule has 1 aliphatic rings. The molecule has 3 aromatic rings. The Labute approximate surface area is 137 Å². The fourth-order valence-electron chi connectivity index (χ4n) is 3.13. The highest BCUT2D eigenvalue weighted by Gasteiger charge is 2.27. The lowest BCUT2D eigenvalue weighted by Crippen LogP contribution is -2.40. The van der Waals surface area contributed by atoms with E-state index in [0.29, 0.717) is 11.6 Å². The number of aliphatic carboxylic acids is 1. The first kappa shape index (κ1) is 16.2. The second kappa shape index (κ2) is 6.44. The van der Waals surface area contributed by atoms with E-state index in [1.165, 1.54) is 0 Å². The van der Waals surface area contributed by atoms with Crippen molar-refractivity contribution in [3.05, 3.63) is 23.0 Å². The van der Waals surface area contributed by atoms with Crippen LogP contribution in [0.3, 0.4) is 0 Å². The number of hydrogen-bond donors (Lipinski definition) is 4. The Hall–Kier alpha value is -2.68. The van der Waals surface area contributed by atoms with Crippen molar-refractivity contribution < 1.29 is 9.90 Å². The molecule has 0 spiro atoms. The van der Waals surface area contributed by atoms with Crippen LogP contribution in [-0.2, 0) is 4.79 Å². The van der Waals surface area contributed by atoms with Crippen LogP contribution in [0.25, 0.3) is 22.2 Å². The first-order valence-electron chi connectivity index (χ1n) is 7.81. The summed E-state index contributed by atoms with van der Waals surface area (Å²) in [4.78, 5) is 35.8. The number of H-pyrrole nitrogens is 2. The number of aromatic amines is 2. The van der Waals surface area contributed by atoms with Gasteiger partial charge in [0.1, 0.15) is 5.52 Å². The Balaban J connectivity index is 0.000000383. The van der Waals surface area contributed by atoms with Crippen LogP contribution in [0.2, 0.25) is 0 Å². The first-order valence-corrected chi connectivity index (χ1v) is 7.81. The second-order valence-electron chi connectivity index (χ2n) is 5.98. The van der Waals surface area contributed by atoms with Gasteiger partial charge in [-0.2, -0.15) is 0 Å². The molecule has 4 heterocycles. The molecule has 3 aromatic heterocycles. The fourth-order valence-corrected chi connectivity index (χ4v) is 3.13. The van der Waals surface area contributed by atoms with Gasteiger partial charge in [-0.1, -0.05) is 6.92 Å². The van der Waals surface area contributed by atoms with Crippen LogP contribution < -0.4 is 11.0 Å². The van der Waals surface area contributed by atoms with Crippen molar-refractivity contribution in [1.29, 1.82) is 0 Å². The number of pyridine rings is 1. The smallest absolute Gasteiger partial charge is 0.326 e. The van der Waals surface area contributed by atoms with Gasteiger partial charge in [0.25, 0.3) is 5.97 Å². The Morgan fingerprint density at radius 2 is 2.17 bits per heavy atom. The van der Waals surface area contributed by atoms with Gasteiger partial charge in [0.15, 0.2) is 5.65 Å². The quantitative estimate of drug-likeness (QED) is 0.523. The molecule has 4 N–H and O–H groups in total. The molecule has 1 fully saturated rings. The molecular weight excluding hydrogens is 312 g/mol. The number of hydrogen-bond acceptors (Lipinski definition) is 5. The number of carboxylic acids is 1. The second-order valence-corrected chi connectivity index (χ2v) is 5.98. The van der Waals surface area contributed by atoms with E-state index in [2.05, 4.69) is 32.2 Å². The topological polar surface area (TPSA) is 129 Å². The van der Waals surface area contributed by atoms with Gasteiger partial charge < -0.3 is 20.4 Å². The summed E-state index contributed by atoms with van der Waals surface area (Å²) < 4.78 is 1.86. The van der Waals surface area contributed by atoms with Crippen LogP contribution >= 0.6 is 0 Å². The van der Waals surface area contributed by atoms with E-state index in [0.717, 1.165) is 43.0 Å². The molecule has 4 rings (SSSR count). The van der Waals surface area contributed by atoms with Crippen LogP contribution in [0.4, 0.5) is 0 Å². The van der Waals surface area contributed by atoms with Crippen molar-refractivity contribution in [2.45, 2.75) is 26.3 Å². The third-order valence-electron chi connectivity index (χ3n) is 4.25. The standard InChI is InChI=1S/C13H16N6O.C2H4O2/c1-7-2-3-14-5-9(7)19-11-8(18-13(19)20)4-15-12-10(11)16-6-17-12;1-2(3)4/h4,6-7,9,14H,2-3,5H2,1H3,(H,18,20)(H,15,16,17);1H3,(H,3,4)/t7-,9+;/m1./s1. The van der Waals surface area contributed by atoms with Gasteiger partial charge in [-0.15, -0.1) is 0 Å². The molecule has 0 aromatic carbocycles. The number of imidazole rings is 2. The van der Waals surface area contributed by atoms with Crippen molar-refractivity contribution in [2.24, 2.45) is 5.92 Å². The third-order valence-corrected chi connectivity index (χ3v) is 4.25. The minimum absolute atomic E-state index is 0.0792. The van der Waals surface area contributed by atoms with Gasteiger partial charge in [0, 0.05) is 13.5 Å². The van der Waals surface area contributed by atoms with Gasteiger partial charge in [-0.25, -0.2) is 14.8 Å². The van der Waals surface area contributed by atoms with Crippen LogP contribution in [0.15, 0.2) is 17.3 Å². The Bertz CT molecular complexity index is 920. The van der Waals surface area contributed by atoms with Gasteiger partial charge in [0.05, 0.1) is 29.6 Å².